The van der Waals surface area contributed by atoms with Crippen molar-refractivity contribution >= 4 is 34.7 Å². The summed E-state index contributed by atoms with van der Waals surface area (Å²) in [6, 6.07) is -0.469. The first-order valence-electron chi connectivity index (χ1n) is 9.20. The van der Waals surface area contributed by atoms with Gasteiger partial charge in [0.25, 0.3) is 0 Å². The van der Waals surface area contributed by atoms with E-state index in [9.17, 15) is 19.5 Å². The van der Waals surface area contributed by atoms with E-state index in [-0.39, 0.29) is 24.6 Å². The van der Waals surface area contributed by atoms with Gasteiger partial charge in [-0.25, -0.2) is 9.78 Å². The van der Waals surface area contributed by atoms with Crippen molar-refractivity contribution in [3.8, 4) is 0 Å². The number of ketones is 1. The van der Waals surface area contributed by atoms with Crippen molar-refractivity contribution in [3.63, 3.8) is 0 Å². The van der Waals surface area contributed by atoms with Crippen molar-refractivity contribution in [1.82, 2.24) is 10.3 Å². The predicted octanol–water partition coefficient (Wildman–Crippen LogP) is 1.36. The lowest BCUT2D eigenvalue weighted by atomic mass is 9.85. The van der Waals surface area contributed by atoms with Crippen LogP contribution in [0.5, 0.6) is 0 Å². The largest absolute Gasteiger partial charge is 0.457 e. The van der Waals surface area contributed by atoms with Crippen LogP contribution in [0.2, 0.25) is 0 Å². The highest BCUT2D eigenvalue weighted by Crippen LogP contribution is 2.22. The molecule has 2 atom stereocenters. The number of aromatic nitrogens is 1. The van der Waals surface area contributed by atoms with Gasteiger partial charge in [-0.15, -0.1) is 11.3 Å². The number of aliphatic hydroxyl groups is 1. The van der Waals surface area contributed by atoms with Gasteiger partial charge in [-0.3, -0.25) is 9.59 Å². The second-order valence-corrected chi connectivity index (χ2v) is 9.39. The van der Waals surface area contributed by atoms with Gasteiger partial charge in [-0.05, 0) is 41.5 Å². The molecule has 1 amide bonds. The molecule has 0 spiro atoms. The van der Waals surface area contributed by atoms with Crippen LogP contribution >= 0.6 is 11.3 Å². The van der Waals surface area contributed by atoms with Crippen LogP contribution < -0.4 is 5.32 Å². The van der Waals surface area contributed by atoms with Crippen molar-refractivity contribution in [2.24, 2.45) is 11.1 Å². The maximum absolute atomic E-state index is 12.9. The molecule has 10 heteroatoms. The minimum absolute atomic E-state index is 0.0811. The van der Waals surface area contributed by atoms with Crippen LogP contribution in [0.15, 0.2) is 10.5 Å². The third-order valence-electron chi connectivity index (χ3n) is 4.13. The monoisotopic (exact) mass is 425 g/mol. The van der Waals surface area contributed by atoms with E-state index in [4.69, 9.17) is 9.57 Å². The number of thiazole rings is 1. The number of amides is 1. The Morgan fingerprint density at radius 2 is 1.97 bits per heavy atom. The van der Waals surface area contributed by atoms with Gasteiger partial charge in [-0.2, -0.15) is 0 Å². The maximum atomic E-state index is 12.9. The van der Waals surface area contributed by atoms with Crippen LogP contribution in [-0.4, -0.2) is 57.3 Å². The molecule has 0 aliphatic carbocycles. The molecule has 1 aromatic heterocycles. The molecule has 9 nitrogen and oxygen atoms in total. The summed E-state index contributed by atoms with van der Waals surface area (Å²) in [6.45, 7) is 9.70. The third kappa shape index (κ3) is 5.83. The second kappa shape index (κ2) is 8.58. The SMILES string of the molecule is Cc1nc(/C(=N/OC(C)(C)C(=O)OC(C)(C)C)C(=O)C[C@@H]2C(=O)N[C@@H]2CO)cs1. The number of esters is 1. The van der Waals surface area contributed by atoms with Crippen molar-refractivity contribution in [3.05, 3.63) is 16.1 Å². The summed E-state index contributed by atoms with van der Waals surface area (Å²) in [5.41, 5.74) is -1.92. The highest BCUT2D eigenvalue weighted by molar-refractivity contribution is 7.09. The molecule has 1 aliphatic heterocycles. The average Bonchev–Trinajstić information content (AvgIpc) is 3.02. The molecule has 2 rings (SSSR count). The fourth-order valence-electron chi connectivity index (χ4n) is 2.49. The van der Waals surface area contributed by atoms with E-state index in [1.165, 1.54) is 25.2 Å². The first kappa shape index (κ1) is 23.0. The van der Waals surface area contributed by atoms with E-state index in [0.29, 0.717) is 5.69 Å². The topological polar surface area (TPSA) is 127 Å². The van der Waals surface area contributed by atoms with Gasteiger partial charge < -0.3 is 20.0 Å². The summed E-state index contributed by atoms with van der Waals surface area (Å²) in [7, 11) is 0. The Hall–Kier alpha value is -2.33. The maximum Gasteiger partial charge on any atom is 0.353 e. The van der Waals surface area contributed by atoms with Crippen LogP contribution in [0.4, 0.5) is 0 Å². The first-order chi connectivity index (χ1) is 13.3. The Balaban J connectivity index is 2.23. The number of hydrogen-bond acceptors (Lipinski definition) is 9. The number of aryl methyl sites for hydroxylation is 1. The van der Waals surface area contributed by atoms with E-state index in [0.717, 1.165) is 5.01 Å². The lowest BCUT2D eigenvalue weighted by Gasteiger charge is -2.35. The minimum atomic E-state index is -1.44. The number of hydrogen-bond donors (Lipinski definition) is 2. The normalized spacial score (nSPS) is 20.0. The minimum Gasteiger partial charge on any atom is -0.457 e. The number of oxime groups is 1. The van der Waals surface area contributed by atoms with E-state index in [1.54, 1.807) is 33.1 Å². The molecule has 0 unspecified atom stereocenters. The second-order valence-electron chi connectivity index (χ2n) is 8.33. The number of carbonyl (C=O) groups excluding carboxylic acids is 3. The van der Waals surface area contributed by atoms with E-state index < -0.39 is 34.9 Å². The highest BCUT2D eigenvalue weighted by atomic mass is 32.1. The molecule has 0 radical (unpaired) electrons. The van der Waals surface area contributed by atoms with Gasteiger partial charge in [0.2, 0.25) is 11.5 Å². The molecule has 2 heterocycles. The van der Waals surface area contributed by atoms with Crippen molar-refractivity contribution in [2.75, 3.05) is 6.61 Å². The molecule has 160 valence electrons. The number of Topliss-reactive ketones (excluding diaryl/α,β-unsaturated/α-hetero) is 1. The average molecular weight is 426 g/mol. The van der Waals surface area contributed by atoms with E-state index >= 15 is 0 Å². The summed E-state index contributed by atoms with van der Waals surface area (Å²) in [5.74, 6) is -2.04. The van der Waals surface area contributed by atoms with E-state index in [2.05, 4.69) is 15.5 Å². The lowest BCUT2D eigenvalue weighted by Crippen LogP contribution is -2.60. The van der Waals surface area contributed by atoms with Gasteiger partial charge in [0.1, 0.15) is 11.3 Å². The Morgan fingerprint density at radius 1 is 1.31 bits per heavy atom. The quantitative estimate of drug-likeness (QED) is 0.279. The molecule has 1 fully saturated rings. The summed E-state index contributed by atoms with van der Waals surface area (Å²) in [4.78, 5) is 46.6. The zero-order valence-electron chi connectivity index (χ0n) is 17.4. The zero-order chi connectivity index (χ0) is 22.0. The van der Waals surface area contributed by atoms with Crippen LogP contribution in [0.1, 0.15) is 51.7 Å². The summed E-state index contributed by atoms with van der Waals surface area (Å²) >= 11 is 1.33. The summed E-state index contributed by atoms with van der Waals surface area (Å²) in [5, 5.41) is 18.1. The van der Waals surface area contributed by atoms with Crippen molar-refractivity contribution < 1.29 is 29.1 Å². The van der Waals surface area contributed by atoms with Gasteiger partial charge in [-0.1, -0.05) is 5.16 Å². The van der Waals surface area contributed by atoms with Crippen molar-refractivity contribution in [2.45, 2.75) is 65.2 Å². The highest BCUT2D eigenvalue weighted by Gasteiger charge is 2.41. The third-order valence-corrected chi connectivity index (χ3v) is 4.91. The standard InChI is InChI=1S/C19H27N3O6S/c1-10-20-13(9-29-10)15(14(24)7-11-12(8-23)21-16(11)25)22-28-19(5,6)17(26)27-18(2,3)4/h9,11-12,23H,7-8H2,1-6H3,(H,21,25)/b22-15-/t11-,12+/m0/s1. The number of ether oxygens (including phenoxy) is 1. The van der Waals surface area contributed by atoms with Crippen LogP contribution in [0.3, 0.4) is 0 Å². The smallest absolute Gasteiger partial charge is 0.353 e. The molecule has 1 aliphatic rings. The molecular formula is C19H27N3O6S. The Bertz CT molecular complexity index is 824. The fraction of sp³-hybridized carbons (Fsp3) is 0.632. The van der Waals surface area contributed by atoms with Gasteiger partial charge in [0.15, 0.2) is 11.5 Å². The lowest BCUT2D eigenvalue weighted by molar-refractivity contribution is -0.179. The molecular weight excluding hydrogens is 398 g/mol. The van der Waals surface area contributed by atoms with Gasteiger partial charge in [0, 0.05) is 11.8 Å². The molecule has 0 saturated carbocycles. The molecule has 29 heavy (non-hydrogen) atoms. The number of aliphatic hydroxyl groups excluding tert-OH is 1. The van der Waals surface area contributed by atoms with Gasteiger partial charge in [0.05, 0.1) is 23.6 Å². The molecule has 1 saturated heterocycles. The van der Waals surface area contributed by atoms with Crippen molar-refractivity contribution in [1.29, 1.82) is 0 Å². The number of nitrogens with one attached hydrogen (secondary N) is 1. The number of rotatable bonds is 8. The number of nitrogens with zero attached hydrogens (tertiary/aromatic N) is 2. The van der Waals surface area contributed by atoms with E-state index in [1.807, 2.05) is 0 Å². The Morgan fingerprint density at radius 3 is 2.45 bits per heavy atom. The summed E-state index contributed by atoms with van der Waals surface area (Å²) < 4.78 is 5.33. The van der Waals surface area contributed by atoms with Crippen LogP contribution in [0.25, 0.3) is 0 Å². The molecule has 2 N–H and O–H groups in total. The number of carbonyl (C=O) groups is 3. The number of β-lactam (4-membered cyclic amide) rings is 1. The first-order valence-corrected chi connectivity index (χ1v) is 10.1. The van der Waals surface area contributed by atoms with Crippen LogP contribution in [0, 0.1) is 12.8 Å². The Labute approximate surface area is 173 Å². The van der Waals surface area contributed by atoms with Crippen LogP contribution in [-0.2, 0) is 24.0 Å². The van der Waals surface area contributed by atoms with Gasteiger partial charge >= 0.3 is 5.97 Å². The summed E-state index contributed by atoms with van der Waals surface area (Å²) in [6.07, 6.45) is -0.150. The fourth-order valence-corrected chi connectivity index (χ4v) is 3.09. The molecule has 0 bridgehead atoms. The molecule has 1 aromatic rings. The Kier molecular flexibility index (Phi) is 6.79. The molecule has 0 aromatic carbocycles. The predicted molar refractivity (Wildman–Crippen MR) is 107 cm³/mol. The zero-order valence-corrected chi connectivity index (χ0v) is 18.3.